The molecular formula is C19H28ClN3O4. The van der Waals surface area contributed by atoms with Crippen LogP contribution < -0.4 is 15.8 Å². The molecule has 3 N–H and O–H groups in total. The van der Waals surface area contributed by atoms with Crippen molar-refractivity contribution >= 4 is 29.2 Å². The van der Waals surface area contributed by atoms with E-state index in [9.17, 15) is 9.59 Å². The van der Waals surface area contributed by atoms with Crippen molar-refractivity contribution in [1.29, 1.82) is 0 Å². The molecule has 1 aliphatic rings. The number of nitrogens with zero attached hydrogens (tertiary/aromatic N) is 1. The number of amides is 1. The number of nitrogens with one attached hydrogen (secondary N) is 1. The third-order valence-corrected chi connectivity index (χ3v) is 5.09. The molecule has 0 radical (unpaired) electrons. The first kappa shape index (κ1) is 21.3. The zero-order valence-corrected chi connectivity index (χ0v) is 16.7. The number of carbonyl (C=O) groups is 2. The maximum atomic E-state index is 12.4. The van der Waals surface area contributed by atoms with Gasteiger partial charge < -0.3 is 20.5 Å². The average Bonchev–Trinajstić information content (AvgIpc) is 2.65. The van der Waals surface area contributed by atoms with E-state index in [1.807, 2.05) is 6.92 Å². The number of halogens is 1. The lowest BCUT2D eigenvalue weighted by atomic mass is 9.93. The second kappa shape index (κ2) is 10.4. The quantitative estimate of drug-likeness (QED) is 0.516. The van der Waals surface area contributed by atoms with Gasteiger partial charge in [-0.15, -0.1) is 0 Å². The second-order valence-electron chi connectivity index (χ2n) is 6.64. The fourth-order valence-electron chi connectivity index (χ4n) is 3.22. The van der Waals surface area contributed by atoms with Crippen molar-refractivity contribution in [3.63, 3.8) is 0 Å². The van der Waals surface area contributed by atoms with Crippen LogP contribution in [0.4, 0.5) is 5.69 Å². The van der Waals surface area contributed by atoms with E-state index >= 15 is 0 Å². The van der Waals surface area contributed by atoms with Crippen LogP contribution >= 0.6 is 11.6 Å². The summed E-state index contributed by atoms with van der Waals surface area (Å²) in [6, 6.07) is 3.08. The zero-order chi connectivity index (χ0) is 19.8. The molecule has 1 aromatic carbocycles. The van der Waals surface area contributed by atoms with Gasteiger partial charge in [-0.3, -0.25) is 14.5 Å². The van der Waals surface area contributed by atoms with Gasteiger partial charge in [-0.05, 0) is 51.3 Å². The molecule has 1 fully saturated rings. The number of carbonyl (C=O) groups excluding carboxylic acids is 2. The molecule has 0 aromatic heterocycles. The summed E-state index contributed by atoms with van der Waals surface area (Å²) in [6.07, 6.45) is 2.91. The highest BCUT2D eigenvalue weighted by molar-refractivity contribution is 6.33. The van der Waals surface area contributed by atoms with Gasteiger partial charge in [0.2, 0.25) is 0 Å². The topological polar surface area (TPSA) is 93.9 Å². The Morgan fingerprint density at radius 3 is 2.67 bits per heavy atom. The first-order chi connectivity index (χ1) is 12.9. The average molecular weight is 398 g/mol. The molecule has 8 heteroatoms. The van der Waals surface area contributed by atoms with Crippen LogP contribution in [0.25, 0.3) is 0 Å². The van der Waals surface area contributed by atoms with Crippen molar-refractivity contribution in [3.05, 3.63) is 22.7 Å². The van der Waals surface area contributed by atoms with Crippen LogP contribution in [0.1, 0.15) is 36.5 Å². The molecule has 1 saturated heterocycles. The first-order valence-corrected chi connectivity index (χ1v) is 9.61. The van der Waals surface area contributed by atoms with Crippen molar-refractivity contribution in [2.24, 2.45) is 5.92 Å². The van der Waals surface area contributed by atoms with E-state index < -0.39 is 0 Å². The molecule has 1 amide bonds. The summed E-state index contributed by atoms with van der Waals surface area (Å²) >= 11 is 6.01. The standard InChI is InChI=1S/C19H28ClN3O4/c1-3-27-18(24)12-23-8-5-13(6-9-23)4-7-22-19(25)14-10-15(20)16(21)11-17(14)26-2/h10-11,13H,3-9,12,21H2,1-2H3,(H,22,25). The molecule has 7 nitrogen and oxygen atoms in total. The summed E-state index contributed by atoms with van der Waals surface area (Å²) in [5.74, 6) is 0.537. The Bertz CT molecular complexity index is 661. The lowest BCUT2D eigenvalue weighted by Gasteiger charge is -2.31. The third kappa shape index (κ3) is 6.29. The smallest absolute Gasteiger partial charge is 0.320 e. The van der Waals surface area contributed by atoms with Crippen LogP contribution in [0.2, 0.25) is 5.02 Å². The fourth-order valence-corrected chi connectivity index (χ4v) is 3.39. The normalized spacial score (nSPS) is 15.4. The van der Waals surface area contributed by atoms with Gasteiger partial charge in [-0.2, -0.15) is 0 Å². The molecule has 0 aliphatic carbocycles. The minimum Gasteiger partial charge on any atom is -0.496 e. The van der Waals surface area contributed by atoms with E-state index in [-0.39, 0.29) is 11.9 Å². The number of nitrogens with two attached hydrogens (primary N) is 1. The van der Waals surface area contributed by atoms with Crippen LogP contribution in [0.3, 0.4) is 0 Å². The van der Waals surface area contributed by atoms with Crippen molar-refractivity contribution in [1.82, 2.24) is 10.2 Å². The Labute approximate surface area is 165 Å². The lowest BCUT2D eigenvalue weighted by Crippen LogP contribution is -2.38. The number of methoxy groups -OCH3 is 1. The van der Waals surface area contributed by atoms with Crippen LogP contribution in [0.15, 0.2) is 12.1 Å². The number of anilines is 1. The van der Waals surface area contributed by atoms with Crippen LogP contribution in [-0.2, 0) is 9.53 Å². The van der Waals surface area contributed by atoms with Crippen LogP contribution in [0.5, 0.6) is 5.75 Å². The summed E-state index contributed by atoms with van der Waals surface area (Å²) in [7, 11) is 1.49. The molecule has 0 unspecified atom stereocenters. The molecule has 150 valence electrons. The van der Waals surface area contributed by atoms with Crippen LogP contribution in [-0.4, -0.2) is 56.7 Å². The summed E-state index contributed by atoms with van der Waals surface area (Å²) in [5.41, 5.74) is 6.50. The third-order valence-electron chi connectivity index (χ3n) is 4.77. The minimum atomic E-state index is -0.228. The number of rotatable bonds is 8. The molecule has 1 heterocycles. The van der Waals surface area contributed by atoms with Gasteiger partial charge in [0.05, 0.1) is 36.5 Å². The highest BCUT2D eigenvalue weighted by Gasteiger charge is 2.21. The van der Waals surface area contributed by atoms with Gasteiger partial charge in [0.15, 0.2) is 0 Å². The molecule has 0 spiro atoms. The number of esters is 1. The van der Waals surface area contributed by atoms with E-state index in [0.29, 0.717) is 47.6 Å². The number of ether oxygens (including phenoxy) is 2. The Hall–Kier alpha value is -1.99. The Morgan fingerprint density at radius 1 is 1.33 bits per heavy atom. The van der Waals surface area contributed by atoms with E-state index in [0.717, 1.165) is 32.4 Å². The largest absolute Gasteiger partial charge is 0.496 e. The predicted octanol–water partition coefficient (Wildman–Crippen LogP) is 2.33. The fraction of sp³-hybridized carbons (Fsp3) is 0.579. The number of piperidine rings is 1. The van der Waals surface area contributed by atoms with E-state index in [1.165, 1.54) is 13.2 Å². The Kier molecular flexibility index (Phi) is 8.19. The predicted molar refractivity (Wildman–Crippen MR) is 105 cm³/mol. The molecule has 0 atom stereocenters. The maximum Gasteiger partial charge on any atom is 0.320 e. The SMILES string of the molecule is CCOC(=O)CN1CCC(CCNC(=O)c2cc(Cl)c(N)cc2OC)CC1. The van der Waals surface area contributed by atoms with E-state index in [1.54, 1.807) is 6.07 Å². The van der Waals surface area contributed by atoms with Crippen molar-refractivity contribution in [2.75, 3.05) is 45.6 Å². The molecule has 1 aromatic rings. The first-order valence-electron chi connectivity index (χ1n) is 9.23. The van der Waals surface area contributed by atoms with E-state index in [4.69, 9.17) is 26.8 Å². The van der Waals surface area contributed by atoms with Crippen molar-refractivity contribution in [3.8, 4) is 5.75 Å². The number of hydrogen-bond acceptors (Lipinski definition) is 6. The van der Waals surface area contributed by atoms with Crippen LogP contribution in [0, 0.1) is 5.92 Å². The summed E-state index contributed by atoms with van der Waals surface area (Å²) in [4.78, 5) is 26.1. The highest BCUT2D eigenvalue weighted by Crippen LogP contribution is 2.28. The van der Waals surface area contributed by atoms with Gasteiger partial charge in [-0.25, -0.2) is 0 Å². The molecule has 1 aliphatic heterocycles. The molecular weight excluding hydrogens is 370 g/mol. The van der Waals surface area contributed by atoms with Crippen molar-refractivity contribution in [2.45, 2.75) is 26.2 Å². The molecule has 0 bridgehead atoms. The minimum absolute atomic E-state index is 0.167. The van der Waals surface area contributed by atoms with E-state index in [2.05, 4.69) is 10.2 Å². The number of likely N-dealkylation sites (tertiary alicyclic amines) is 1. The number of nitrogen functional groups attached to an aromatic ring is 1. The summed E-state index contributed by atoms with van der Waals surface area (Å²) < 4.78 is 10.2. The number of hydrogen-bond donors (Lipinski definition) is 2. The number of benzene rings is 1. The summed E-state index contributed by atoms with van der Waals surface area (Å²) in [5, 5.41) is 3.25. The lowest BCUT2D eigenvalue weighted by molar-refractivity contribution is -0.144. The Balaban J connectivity index is 1.75. The zero-order valence-electron chi connectivity index (χ0n) is 15.9. The monoisotopic (exact) mass is 397 g/mol. The van der Waals surface area contributed by atoms with Crippen molar-refractivity contribution < 1.29 is 19.1 Å². The maximum absolute atomic E-state index is 12.4. The molecule has 27 heavy (non-hydrogen) atoms. The van der Waals surface area contributed by atoms with Gasteiger partial charge in [0.25, 0.3) is 5.91 Å². The van der Waals surface area contributed by atoms with Gasteiger partial charge in [-0.1, -0.05) is 11.6 Å². The molecule has 0 saturated carbocycles. The van der Waals surface area contributed by atoms with Gasteiger partial charge in [0.1, 0.15) is 5.75 Å². The summed E-state index contributed by atoms with van der Waals surface area (Å²) in [6.45, 7) is 4.91. The Morgan fingerprint density at radius 2 is 2.04 bits per heavy atom. The highest BCUT2D eigenvalue weighted by atomic mass is 35.5. The van der Waals surface area contributed by atoms with Gasteiger partial charge in [0, 0.05) is 12.6 Å². The molecule has 2 rings (SSSR count). The van der Waals surface area contributed by atoms with Gasteiger partial charge >= 0.3 is 5.97 Å². The second-order valence-corrected chi connectivity index (χ2v) is 7.05.